The highest BCUT2D eigenvalue weighted by atomic mass is 32.2. The van der Waals surface area contributed by atoms with E-state index >= 15 is 0 Å². The number of allylic oxidation sites excluding steroid dienone is 2. The van der Waals surface area contributed by atoms with Crippen molar-refractivity contribution in [1.29, 1.82) is 0 Å². The average Bonchev–Trinajstić information content (AvgIpc) is 2.27. The molecule has 0 unspecified atom stereocenters. The molecule has 0 aliphatic heterocycles. The normalized spacial score (nSPS) is 12.8. The zero-order valence-electron chi connectivity index (χ0n) is 9.10. The lowest BCUT2D eigenvalue weighted by Crippen LogP contribution is -2.04. The number of rotatable bonds is 4. The van der Waals surface area contributed by atoms with Crippen LogP contribution in [0.1, 0.15) is 26.7 Å². The maximum Gasteiger partial charge on any atom is 0.202 e. The Morgan fingerprint density at radius 2 is 1.87 bits per heavy atom. The first kappa shape index (κ1) is 12.0. The van der Waals surface area contributed by atoms with Crippen LogP contribution in [0.25, 0.3) is 0 Å². The predicted octanol–water partition coefficient (Wildman–Crippen LogP) is 3.16. The largest absolute Gasteiger partial charge is 0.219 e. The molecule has 0 amide bonds. The minimum absolute atomic E-state index is 0.381. The first-order chi connectivity index (χ1) is 7.12. The van der Waals surface area contributed by atoms with E-state index in [0.717, 1.165) is 6.42 Å². The van der Waals surface area contributed by atoms with Crippen LogP contribution in [0.5, 0.6) is 0 Å². The molecule has 2 nitrogen and oxygen atoms in total. The SMILES string of the molecule is C/C=C(\CCC)S(=O)(=O)c1ccccc1. The lowest BCUT2D eigenvalue weighted by molar-refractivity contribution is 0.599. The number of benzene rings is 1. The molecule has 0 aliphatic rings. The van der Waals surface area contributed by atoms with Gasteiger partial charge in [-0.1, -0.05) is 37.6 Å². The minimum atomic E-state index is -3.25. The standard InChI is InChI=1S/C12H16O2S/c1-3-8-11(4-2)15(13,14)12-9-6-5-7-10-12/h4-7,9-10H,3,8H2,1-2H3/b11-4+. The van der Waals surface area contributed by atoms with E-state index in [1.165, 1.54) is 0 Å². The van der Waals surface area contributed by atoms with Gasteiger partial charge in [-0.05, 0) is 25.5 Å². The summed E-state index contributed by atoms with van der Waals surface area (Å²) >= 11 is 0. The lowest BCUT2D eigenvalue weighted by Gasteiger charge is -2.07. The number of hydrogen-bond donors (Lipinski definition) is 0. The lowest BCUT2D eigenvalue weighted by atomic mass is 10.3. The second-order valence-electron chi connectivity index (χ2n) is 3.32. The molecule has 15 heavy (non-hydrogen) atoms. The van der Waals surface area contributed by atoms with Crippen LogP contribution in [0.2, 0.25) is 0 Å². The molecule has 0 N–H and O–H groups in total. The summed E-state index contributed by atoms with van der Waals surface area (Å²) < 4.78 is 24.2. The van der Waals surface area contributed by atoms with E-state index in [0.29, 0.717) is 16.2 Å². The van der Waals surface area contributed by atoms with Gasteiger partial charge in [0.25, 0.3) is 0 Å². The van der Waals surface area contributed by atoms with Crippen molar-refractivity contribution in [2.75, 3.05) is 0 Å². The second-order valence-corrected chi connectivity index (χ2v) is 5.32. The average molecular weight is 224 g/mol. The van der Waals surface area contributed by atoms with E-state index in [1.807, 2.05) is 13.0 Å². The Hall–Kier alpha value is -1.09. The van der Waals surface area contributed by atoms with Crippen molar-refractivity contribution in [2.24, 2.45) is 0 Å². The molecule has 0 saturated heterocycles. The maximum absolute atomic E-state index is 12.1. The van der Waals surface area contributed by atoms with E-state index in [1.54, 1.807) is 37.3 Å². The molecule has 0 saturated carbocycles. The molecule has 0 aromatic heterocycles. The molecule has 0 fully saturated rings. The van der Waals surface area contributed by atoms with Crippen LogP contribution in [0, 0.1) is 0 Å². The summed E-state index contributed by atoms with van der Waals surface area (Å²) in [7, 11) is -3.25. The van der Waals surface area contributed by atoms with E-state index in [9.17, 15) is 8.42 Å². The highest BCUT2D eigenvalue weighted by molar-refractivity contribution is 7.95. The van der Waals surface area contributed by atoms with Gasteiger partial charge in [-0.2, -0.15) is 0 Å². The second kappa shape index (κ2) is 5.12. The molecule has 0 bridgehead atoms. The van der Waals surface area contributed by atoms with Gasteiger partial charge in [0, 0.05) is 4.91 Å². The summed E-state index contributed by atoms with van der Waals surface area (Å²) in [4.78, 5) is 0.891. The fourth-order valence-corrected chi connectivity index (χ4v) is 3.03. The van der Waals surface area contributed by atoms with Crippen molar-refractivity contribution in [1.82, 2.24) is 0 Å². The van der Waals surface area contributed by atoms with Gasteiger partial charge in [0.1, 0.15) is 0 Å². The summed E-state index contributed by atoms with van der Waals surface area (Å²) in [5.74, 6) is 0. The summed E-state index contributed by atoms with van der Waals surface area (Å²) in [5.41, 5.74) is 0. The van der Waals surface area contributed by atoms with Crippen LogP contribution in [0.4, 0.5) is 0 Å². The van der Waals surface area contributed by atoms with Crippen LogP contribution in [-0.4, -0.2) is 8.42 Å². The highest BCUT2D eigenvalue weighted by Gasteiger charge is 2.18. The summed E-state index contributed by atoms with van der Waals surface area (Å²) in [6.45, 7) is 3.75. The van der Waals surface area contributed by atoms with E-state index in [2.05, 4.69) is 0 Å². The Labute approximate surface area is 91.6 Å². The van der Waals surface area contributed by atoms with Gasteiger partial charge >= 0.3 is 0 Å². The molecule has 1 aromatic rings. The molecular weight excluding hydrogens is 208 g/mol. The van der Waals surface area contributed by atoms with E-state index in [4.69, 9.17) is 0 Å². The zero-order chi connectivity index (χ0) is 11.3. The predicted molar refractivity (Wildman–Crippen MR) is 62.3 cm³/mol. The topological polar surface area (TPSA) is 34.1 Å². The van der Waals surface area contributed by atoms with Gasteiger partial charge in [0.15, 0.2) is 0 Å². The molecule has 0 heterocycles. The Balaban J connectivity index is 3.14. The fourth-order valence-electron chi connectivity index (χ4n) is 1.43. The van der Waals surface area contributed by atoms with Gasteiger partial charge in [-0.3, -0.25) is 0 Å². The summed E-state index contributed by atoms with van der Waals surface area (Å²) in [6, 6.07) is 8.56. The molecule has 82 valence electrons. The molecule has 0 spiro atoms. The molecule has 3 heteroatoms. The van der Waals surface area contributed by atoms with Crippen molar-refractivity contribution in [3.05, 3.63) is 41.3 Å². The maximum atomic E-state index is 12.1. The molecule has 0 radical (unpaired) electrons. The molecule has 0 atom stereocenters. The van der Waals surface area contributed by atoms with Crippen LogP contribution < -0.4 is 0 Å². The third-order valence-electron chi connectivity index (χ3n) is 2.22. The molecular formula is C12H16O2S. The highest BCUT2D eigenvalue weighted by Crippen LogP contribution is 2.22. The summed E-state index contributed by atoms with van der Waals surface area (Å²) in [5, 5.41) is 0. The molecule has 0 aliphatic carbocycles. The van der Waals surface area contributed by atoms with E-state index < -0.39 is 9.84 Å². The van der Waals surface area contributed by atoms with Crippen LogP contribution in [-0.2, 0) is 9.84 Å². The molecule has 1 rings (SSSR count). The van der Waals surface area contributed by atoms with Crippen LogP contribution in [0.15, 0.2) is 46.2 Å². The third-order valence-corrected chi connectivity index (χ3v) is 4.24. The van der Waals surface area contributed by atoms with Gasteiger partial charge in [0.2, 0.25) is 9.84 Å². The van der Waals surface area contributed by atoms with Crippen LogP contribution >= 0.6 is 0 Å². The van der Waals surface area contributed by atoms with Crippen molar-refractivity contribution < 1.29 is 8.42 Å². The van der Waals surface area contributed by atoms with Gasteiger partial charge in [-0.25, -0.2) is 8.42 Å². The van der Waals surface area contributed by atoms with Crippen molar-refractivity contribution in [3.8, 4) is 0 Å². The van der Waals surface area contributed by atoms with Crippen molar-refractivity contribution in [3.63, 3.8) is 0 Å². The quantitative estimate of drug-likeness (QED) is 0.787. The van der Waals surface area contributed by atoms with Crippen LogP contribution in [0.3, 0.4) is 0 Å². The smallest absolute Gasteiger partial charge is 0.202 e. The number of hydrogen-bond acceptors (Lipinski definition) is 2. The van der Waals surface area contributed by atoms with Gasteiger partial charge in [0.05, 0.1) is 4.90 Å². The van der Waals surface area contributed by atoms with Crippen molar-refractivity contribution >= 4 is 9.84 Å². The van der Waals surface area contributed by atoms with Gasteiger partial charge in [-0.15, -0.1) is 0 Å². The number of sulfone groups is 1. The third kappa shape index (κ3) is 2.69. The first-order valence-electron chi connectivity index (χ1n) is 5.08. The monoisotopic (exact) mass is 224 g/mol. The Morgan fingerprint density at radius 1 is 1.27 bits per heavy atom. The zero-order valence-corrected chi connectivity index (χ0v) is 9.92. The fraction of sp³-hybridized carbons (Fsp3) is 0.333. The Kier molecular flexibility index (Phi) is 4.09. The Morgan fingerprint density at radius 3 is 2.33 bits per heavy atom. The first-order valence-corrected chi connectivity index (χ1v) is 6.56. The van der Waals surface area contributed by atoms with E-state index in [-0.39, 0.29) is 0 Å². The summed E-state index contributed by atoms with van der Waals surface area (Å²) in [6.07, 6.45) is 3.13. The molecule has 1 aromatic carbocycles. The minimum Gasteiger partial charge on any atom is -0.219 e. The Bertz CT molecular complexity index is 430. The van der Waals surface area contributed by atoms with Crippen molar-refractivity contribution in [2.45, 2.75) is 31.6 Å². The van der Waals surface area contributed by atoms with Gasteiger partial charge < -0.3 is 0 Å².